The van der Waals surface area contributed by atoms with Gasteiger partial charge in [-0.3, -0.25) is 0 Å². The van der Waals surface area contributed by atoms with Crippen LogP contribution in [0, 0.1) is 34.0 Å². The highest BCUT2D eigenvalue weighted by atomic mass is 19.4. The molecule has 122 valence electrons. The monoisotopic (exact) mass is 316 g/mol. The Balaban J connectivity index is 1.92. The van der Waals surface area contributed by atoms with Gasteiger partial charge in [0.15, 0.2) is 5.79 Å². The smallest absolute Gasteiger partial charge is 0.348 e. The average Bonchev–Trinajstić information content (AvgIpc) is 2.94. The zero-order valence-corrected chi connectivity index (χ0v) is 12.3. The highest BCUT2D eigenvalue weighted by Gasteiger charge is 2.44. The molecule has 1 saturated heterocycles. The van der Waals surface area contributed by atoms with Gasteiger partial charge in [0.25, 0.3) is 0 Å². The SMILES string of the molecule is N#CC(C#N)(CCC(F)(F)F)CC1CCC2(CC1)OCCO2. The highest BCUT2D eigenvalue weighted by Crippen LogP contribution is 2.44. The lowest BCUT2D eigenvalue weighted by molar-refractivity contribution is -0.183. The van der Waals surface area contributed by atoms with E-state index in [0.29, 0.717) is 38.9 Å². The molecule has 2 fully saturated rings. The minimum absolute atomic E-state index is 0.0611. The Labute approximate surface area is 127 Å². The van der Waals surface area contributed by atoms with E-state index in [9.17, 15) is 23.7 Å². The van der Waals surface area contributed by atoms with Crippen molar-refractivity contribution in [3.63, 3.8) is 0 Å². The molecular formula is C15H19F3N2O2. The van der Waals surface area contributed by atoms with Gasteiger partial charge >= 0.3 is 6.18 Å². The fraction of sp³-hybridized carbons (Fsp3) is 0.867. The summed E-state index contributed by atoms with van der Waals surface area (Å²) in [5, 5.41) is 18.4. The molecule has 4 nitrogen and oxygen atoms in total. The van der Waals surface area contributed by atoms with Crippen molar-refractivity contribution in [2.24, 2.45) is 11.3 Å². The second kappa shape index (κ2) is 6.44. The molecule has 0 N–H and O–H groups in total. The van der Waals surface area contributed by atoms with Gasteiger partial charge < -0.3 is 9.47 Å². The number of nitrogens with zero attached hydrogens (tertiary/aromatic N) is 2. The van der Waals surface area contributed by atoms with Crippen molar-refractivity contribution >= 4 is 0 Å². The van der Waals surface area contributed by atoms with Crippen molar-refractivity contribution in [3.05, 3.63) is 0 Å². The lowest BCUT2D eigenvalue weighted by Gasteiger charge is -2.37. The molecule has 0 bridgehead atoms. The molecule has 22 heavy (non-hydrogen) atoms. The Morgan fingerprint density at radius 1 is 1.00 bits per heavy atom. The third-order valence-electron chi connectivity index (χ3n) is 4.58. The average molecular weight is 316 g/mol. The van der Waals surface area contributed by atoms with Crippen LogP contribution in [0.5, 0.6) is 0 Å². The molecule has 0 aromatic carbocycles. The molecule has 0 atom stereocenters. The van der Waals surface area contributed by atoms with Crippen molar-refractivity contribution < 1.29 is 22.6 Å². The van der Waals surface area contributed by atoms with E-state index in [1.54, 1.807) is 0 Å². The van der Waals surface area contributed by atoms with Crippen LogP contribution in [-0.4, -0.2) is 25.2 Å². The van der Waals surface area contributed by atoms with Gasteiger partial charge in [-0.25, -0.2) is 0 Å². The second-order valence-corrected chi connectivity index (χ2v) is 6.18. The molecule has 1 heterocycles. The number of hydrogen-bond acceptors (Lipinski definition) is 4. The zero-order chi connectivity index (χ0) is 16.3. The first-order chi connectivity index (χ1) is 10.3. The molecule has 7 heteroatoms. The van der Waals surface area contributed by atoms with Gasteiger partial charge in [-0.05, 0) is 31.6 Å². The van der Waals surface area contributed by atoms with Gasteiger partial charge in [-0.1, -0.05) is 0 Å². The summed E-state index contributed by atoms with van der Waals surface area (Å²) in [6.07, 6.45) is -2.97. The van der Waals surface area contributed by atoms with Crippen LogP contribution in [0.2, 0.25) is 0 Å². The predicted molar refractivity (Wildman–Crippen MR) is 70.2 cm³/mol. The third-order valence-corrected chi connectivity index (χ3v) is 4.58. The number of alkyl halides is 3. The first-order valence-electron chi connectivity index (χ1n) is 7.49. The molecule has 2 aliphatic rings. The van der Waals surface area contributed by atoms with Gasteiger partial charge in [-0.2, -0.15) is 23.7 Å². The molecule has 1 aliphatic heterocycles. The molecule has 0 aromatic heterocycles. The second-order valence-electron chi connectivity index (χ2n) is 6.18. The molecule has 1 aliphatic carbocycles. The number of nitriles is 2. The fourth-order valence-corrected chi connectivity index (χ4v) is 3.29. The van der Waals surface area contributed by atoms with Crippen LogP contribution in [0.25, 0.3) is 0 Å². The fourth-order valence-electron chi connectivity index (χ4n) is 3.29. The Hall–Kier alpha value is -1.31. The predicted octanol–water partition coefficient (Wildman–Crippen LogP) is 3.69. The van der Waals surface area contributed by atoms with E-state index >= 15 is 0 Å². The van der Waals surface area contributed by atoms with Crippen molar-refractivity contribution in [2.45, 2.75) is 56.9 Å². The van der Waals surface area contributed by atoms with Crippen molar-refractivity contribution in [3.8, 4) is 12.1 Å². The van der Waals surface area contributed by atoms with Crippen molar-refractivity contribution in [2.75, 3.05) is 13.2 Å². The van der Waals surface area contributed by atoms with Gasteiger partial charge in [-0.15, -0.1) is 0 Å². The molecular weight excluding hydrogens is 297 g/mol. The van der Waals surface area contributed by atoms with Gasteiger partial charge in [0.05, 0.1) is 25.4 Å². The summed E-state index contributed by atoms with van der Waals surface area (Å²) in [5.74, 6) is -0.476. The molecule has 0 aromatic rings. The van der Waals surface area contributed by atoms with E-state index < -0.39 is 30.2 Å². The highest BCUT2D eigenvalue weighted by molar-refractivity contribution is 5.14. The molecule has 1 spiro atoms. The van der Waals surface area contributed by atoms with Crippen LogP contribution in [0.15, 0.2) is 0 Å². The standard InChI is InChI=1S/C15H19F3N2O2/c16-15(17,18)6-5-13(10-19,11-20)9-12-1-3-14(4-2-12)21-7-8-22-14/h12H,1-9H2. The molecule has 0 unspecified atom stereocenters. The zero-order valence-electron chi connectivity index (χ0n) is 12.3. The summed E-state index contributed by atoms with van der Waals surface area (Å²) in [4.78, 5) is 0. The maximum Gasteiger partial charge on any atom is 0.389 e. The van der Waals surface area contributed by atoms with Gasteiger partial charge in [0, 0.05) is 19.3 Å². The Kier molecular flexibility index (Phi) is 4.99. The summed E-state index contributed by atoms with van der Waals surface area (Å²) in [6, 6.07) is 3.65. The van der Waals surface area contributed by atoms with E-state index in [1.807, 2.05) is 12.1 Å². The minimum Gasteiger partial charge on any atom is -0.348 e. The first-order valence-corrected chi connectivity index (χ1v) is 7.49. The Bertz CT molecular complexity index is 449. The largest absolute Gasteiger partial charge is 0.389 e. The van der Waals surface area contributed by atoms with Crippen LogP contribution >= 0.6 is 0 Å². The van der Waals surface area contributed by atoms with Crippen LogP contribution < -0.4 is 0 Å². The minimum atomic E-state index is -4.35. The third kappa shape index (κ3) is 4.12. The molecule has 2 rings (SSSR count). The van der Waals surface area contributed by atoms with E-state index in [2.05, 4.69) is 0 Å². The maximum atomic E-state index is 12.4. The quantitative estimate of drug-likeness (QED) is 0.793. The summed E-state index contributed by atoms with van der Waals surface area (Å²) >= 11 is 0. The summed E-state index contributed by atoms with van der Waals surface area (Å²) in [6.45, 7) is 1.13. The Morgan fingerprint density at radius 3 is 2.00 bits per heavy atom. The van der Waals surface area contributed by atoms with Gasteiger partial charge in [0.2, 0.25) is 0 Å². The van der Waals surface area contributed by atoms with E-state index in [1.165, 1.54) is 0 Å². The molecule has 0 amide bonds. The van der Waals surface area contributed by atoms with Crippen LogP contribution in [-0.2, 0) is 9.47 Å². The van der Waals surface area contributed by atoms with Crippen molar-refractivity contribution in [1.82, 2.24) is 0 Å². The van der Waals surface area contributed by atoms with Crippen LogP contribution in [0.4, 0.5) is 13.2 Å². The number of ether oxygens (including phenoxy) is 2. The van der Waals surface area contributed by atoms with E-state index in [0.717, 1.165) is 0 Å². The van der Waals surface area contributed by atoms with Crippen molar-refractivity contribution in [1.29, 1.82) is 10.5 Å². The summed E-state index contributed by atoms with van der Waals surface area (Å²) in [7, 11) is 0. The normalized spacial score (nSPS) is 22.4. The topological polar surface area (TPSA) is 66.0 Å². The molecule has 0 radical (unpaired) electrons. The lowest BCUT2D eigenvalue weighted by atomic mass is 9.72. The Morgan fingerprint density at radius 2 is 1.55 bits per heavy atom. The summed E-state index contributed by atoms with van der Waals surface area (Å²) < 4.78 is 48.4. The van der Waals surface area contributed by atoms with E-state index in [-0.39, 0.29) is 12.3 Å². The molecule has 1 saturated carbocycles. The maximum absolute atomic E-state index is 12.4. The van der Waals surface area contributed by atoms with E-state index in [4.69, 9.17) is 9.47 Å². The number of hydrogen-bond donors (Lipinski definition) is 0. The van der Waals surface area contributed by atoms with Gasteiger partial charge in [0.1, 0.15) is 5.41 Å². The first kappa shape index (κ1) is 17.1. The summed E-state index contributed by atoms with van der Waals surface area (Å²) in [5.41, 5.74) is -1.55. The number of rotatable bonds is 4. The van der Waals surface area contributed by atoms with Crippen LogP contribution in [0.3, 0.4) is 0 Å². The number of halogens is 3. The lowest BCUT2D eigenvalue weighted by Crippen LogP contribution is -2.36. The van der Waals surface area contributed by atoms with Crippen LogP contribution in [0.1, 0.15) is 44.9 Å².